The molecular weight excluding hydrogens is 488 g/mol. The first-order valence-electron chi connectivity index (χ1n) is 10.4. The Morgan fingerprint density at radius 2 is 1.45 bits per heavy atom. The predicted octanol–water partition coefficient (Wildman–Crippen LogP) is 8.48. The summed E-state index contributed by atoms with van der Waals surface area (Å²) in [5.41, 5.74) is 9.17. The summed E-state index contributed by atoms with van der Waals surface area (Å²) in [6, 6.07) is 8.86. The fourth-order valence-corrected chi connectivity index (χ4v) is 5.41. The molecule has 0 heterocycles. The third-order valence-electron chi connectivity index (χ3n) is 5.85. The van der Waals surface area contributed by atoms with Crippen molar-refractivity contribution in [3.8, 4) is 0 Å². The lowest BCUT2D eigenvalue weighted by Crippen LogP contribution is -2.03. The van der Waals surface area contributed by atoms with Crippen molar-refractivity contribution in [3.05, 3.63) is 72.2 Å². The Balaban J connectivity index is 0.000000166. The summed E-state index contributed by atoms with van der Waals surface area (Å²) >= 11 is 7.16. The van der Waals surface area contributed by atoms with E-state index in [9.17, 15) is 4.79 Å². The van der Waals surface area contributed by atoms with Crippen LogP contribution in [0.2, 0.25) is 0 Å². The minimum absolute atomic E-state index is 0.152. The van der Waals surface area contributed by atoms with E-state index >= 15 is 0 Å². The molecule has 0 radical (unpaired) electrons. The zero-order chi connectivity index (χ0) is 21.5. The summed E-state index contributed by atoms with van der Waals surface area (Å²) in [4.78, 5) is 11.9. The van der Waals surface area contributed by atoms with Gasteiger partial charge in [-0.15, -0.1) is 0 Å². The number of carbonyl (C=O) groups is 1. The summed E-state index contributed by atoms with van der Waals surface area (Å²) in [7, 11) is 0. The first kappa shape index (κ1) is 22.5. The summed E-state index contributed by atoms with van der Waals surface area (Å²) in [5, 5.41) is 0. The van der Waals surface area contributed by atoms with Crippen molar-refractivity contribution in [2.24, 2.45) is 5.92 Å². The fourth-order valence-electron chi connectivity index (χ4n) is 4.06. The van der Waals surface area contributed by atoms with Gasteiger partial charge in [-0.3, -0.25) is 4.79 Å². The number of ketones is 1. The van der Waals surface area contributed by atoms with Crippen LogP contribution < -0.4 is 0 Å². The molecule has 4 rings (SSSR count). The fraction of sp³-hybridized carbons (Fsp3) is 0.423. The van der Waals surface area contributed by atoms with Crippen LogP contribution in [0.15, 0.2) is 38.8 Å². The predicted molar refractivity (Wildman–Crippen MR) is 131 cm³/mol. The average molecular weight is 518 g/mol. The molecule has 0 saturated carbocycles. The maximum atomic E-state index is 11.9. The Kier molecular flexibility index (Phi) is 6.90. The minimum Gasteiger partial charge on any atom is -0.294 e. The molecule has 154 valence electrons. The molecule has 0 amide bonds. The van der Waals surface area contributed by atoms with Gasteiger partial charge in [0.2, 0.25) is 0 Å². The maximum Gasteiger partial charge on any atom is 0.167 e. The molecule has 3 heteroatoms. The molecule has 1 unspecified atom stereocenters. The number of rotatable bonds is 2. The zero-order valence-electron chi connectivity index (χ0n) is 18.2. The number of Topliss-reactive ketones (excluding diaryl/α,β-unsaturated/α-hetero) is 1. The third kappa shape index (κ3) is 4.77. The Hall–Kier alpha value is -1.19. The van der Waals surface area contributed by atoms with Gasteiger partial charge in [0.15, 0.2) is 5.78 Å². The molecule has 2 aliphatic rings. The van der Waals surface area contributed by atoms with Gasteiger partial charge in [-0.2, -0.15) is 0 Å². The van der Waals surface area contributed by atoms with Crippen molar-refractivity contribution < 1.29 is 4.79 Å². The van der Waals surface area contributed by atoms with Gasteiger partial charge in [0, 0.05) is 20.4 Å². The van der Waals surface area contributed by atoms with E-state index in [0.717, 1.165) is 22.9 Å². The first-order chi connectivity index (χ1) is 13.6. The second-order valence-electron chi connectivity index (χ2n) is 9.06. The first-order valence-corrected chi connectivity index (χ1v) is 12.0. The quantitative estimate of drug-likeness (QED) is 0.390. The second kappa shape index (κ2) is 8.89. The largest absolute Gasteiger partial charge is 0.294 e. The molecular formula is C26H30Br2O. The van der Waals surface area contributed by atoms with Crippen molar-refractivity contribution >= 4 is 43.7 Å². The van der Waals surface area contributed by atoms with Crippen molar-refractivity contribution in [1.29, 1.82) is 0 Å². The normalized spacial score (nSPS) is 17.2. The van der Waals surface area contributed by atoms with Gasteiger partial charge in [0.05, 0.1) is 0 Å². The standard InChI is InChI=1S/C13H15BrO.C13H15Br/c1-7(2)9-5-10-4-8(3)13(15)12(10)11(14)6-9;1-8(2)10-6-11-4-9(3)5-12(11)13(14)7-10/h5-8H,4H2,1-3H3;5-8H,4H2,1-3H3. The molecule has 29 heavy (non-hydrogen) atoms. The summed E-state index contributed by atoms with van der Waals surface area (Å²) in [6.45, 7) is 13.0. The highest BCUT2D eigenvalue weighted by molar-refractivity contribution is 9.10. The van der Waals surface area contributed by atoms with Crippen LogP contribution in [0.3, 0.4) is 0 Å². The molecule has 0 bridgehead atoms. The Morgan fingerprint density at radius 3 is 2.03 bits per heavy atom. The molecule has 1 atom stereocenters. The maximum absolute atomic E-state index is 11.9. The lowest BCUT2D eigenvalue weighted by molar-refractivity contribution is 0.0945. The molecule has 0 fully saturated rings. The summed E-state index contributed by atoms with van der Waals surface area (Å²) in [5.74, 6) is 1.56. The highest BCUT2D eigenvalue weighted by Crippen LogP contribution is 2.35. The molecule has 0 aliphatic heterocycles. The second-order valence-corrected chi connectivity index (χ2v) is 10.8. The molecule has 2 aromatic carbocycles. The van der Waals surface area contributed by atoms with Crippen LogP contribution in [-0.4, -0.2) is 5.78 Å². The van der Waals surface area contributed by atoms with Crippen LogP contribution >= 0.6 is 31.9 Å². The van der Waals surface area contributed by atoms with Crippen molar-refractivity contribution in [1.82, 2.24) is 0 Å². The zero-order valence-corrected chi connectivity index (χ0v) is 21.4. The van der Waals surface area contributed by atoms with Gasteiger partial charge >= 0.3 is 0 Å². The molecule has 0 aromatic heterocycles. The van der Waals surface area contributed by atoms with Crippen molar-refractivity contribution in [3.63, 3.8) is 0 Å². The number of fused-ring (bicyclic) bond motifs is 2. The van der Waals surface area contributed by atoms with E-state index in [1.54, 1.807) is 0 Å². The molecule has 0 spiro atoms. The Labute approximate surface area is 192 Å². The van der Waals surface area contributed by atoms with E-state index in [4.69, 9.17) is 0 Å². The molecule has 1 nitrogen and oxygen atoms in total. The minimum atomic E-state index is 0.152. The van der Waals surface area contributed by atoms with E-state index in [1.165, 1.54) is 37.9 Å². The highest BCUT2D eigenvalue weighted by Gasteiger charge is 2.29. The number of carbonyl (C=O) groups excluding carboxylic acids is 1. The smallest absolute Gasteiger partial charge is 0.167 e. The van der Waals surface area contributed by atoms with Gasteiger partial charge in [-0.25, -0.2) is 0 Å². The topological polar surface area (TPSA) is 17.1 Å². The van der Waals surface area contributed by atoms with E-state index < -0.39 is 0 Å². The third-order valence-corrected chi connectivity index (χ3v) is 7.13. The SMILES string of the molecule is CC1=Cc2c(Br)cc(C(C)C)cc2C1.CC1Cc2cc(C(C)C)cc(Br)c2C1=O. The Bertz CT molecular complexity index is 983. The molecule has 0 N–H and O–H groups in total. The van der Waals surface area contributed by atoms with Gasteiger partial charge in [-0.1, -0.05) is 90.3 Å². The molecule has 2 aliphatic carbocycles. The number of hydrogen-bond donors (Lipinski definition) is 0. The Morgan fingerprint density at radius 1 is 0.897 bits per heavy atom. The lowest BCUT2D eigenvalue weighted by Gasteiger charge is -2.10. The monoisotopic (exact) mass is 516 g/mol. The van der Waals surface area contributed by atoms with Gasteiger partial charge in [-0.05, 0) is 71.6 Å². The number of hydrogen-bond acceptors (Lipinski definition) is 1. The lowest BCUT2D eigenvalue weighted by atomic mass is 9.98. The van der Waals surface area contributed by atoms with Gasteiger partial charge < -0.3 is 0 Å². The van der Waals surface area contributed by atoms with E-state index in [2.05, 4.69) is 96.8 Å². The van der Waals surface area contributed by atoms with Crippen LogP contribution in [0.5, 0.6) is 0 Å². The molecule has 0 saturated heterocycles. The highest BCUT2D eigenvalue weighted by atomic mass is 79.9. The summed E-state index contributed by atoms with van der Waals surface area (Å²) in [6.07, 6.45) is 4.30. The van der Waals surface area contributed by atoms with Crippen LogP contribution in [0.25, 0.3) is 6.08 Å². The number of benzene rings is 2. The van der Waals surface area contributed by atoms with E-state index in [1.807, 2.05) is 6.92 Å². The van der Waals surface area contributed by atoms with Gasteiger partial charge in [0.25, 0.3) is 0 Å². The van der Waals surface area contributed by atoms with Crippen LogP contribution in [0, 0.1) is 5.92 Å². The summed E-state index contributed by atoms with van der Waals surface area (Å²) < 4.78 is 2.22. The van der Waals surface area contributed by atoms with Crippen molar-refractivity contribution in [2.75, 3.05) is 0 Å². The van der Waals surface area contributed by atoms with Crippen LogP contribution in [-0.2, 0) is 12.8 Å². The number of halogens is 2. The molecule has 2 aromatic rings. The van der Waals surface area contributed by atoms with E-state index in [0.29, 0.717) is 11.8 Å². The number of allylic oxidation sites excluding steroid dienone is 1. The van der Waals surface area contributed by atoms with Crippen molar-refractivity contribution in [2.45, 2.75) is 66.2 Å². The van der Waals surface area contributed by atoms with Crippen LogP contribution in [0.4, 0.5) is 0 Å². The average Bonchev–Trinajstić information content (AvgIpc) is 3.15. The van der Waals surface area contributed by atoms with Gasteiger partial charge in [0.1, 0.15) is 0 Å². The van der Waals surface area contributed by atoms with Crippen LogP contribution in [0.1, 0.15) is 91.6 Å². The van der Waals surface area contributed by atoms with E-state index in [-0.39, 0.29) is 11.7 Å².